The number of unbranched alkanes of at least 4 members (excludes halogenated alkanes) is 41. The van der Waals surface area contributed by atoms with E-state index in [9.17, 15) is 14.4 Å². The molecule has 1 unspecified atom stereocenters. The fourth-order valence-corrected chi connectivity index (χ4v) is 9.34. The molecule has 0 aromatic carbocycles. The second-order valence-electron chi connectivity index (χ2n) is 21.3. The highest BCUT2D eigenvalue weighted by Crippen LogP contribution is 2.17. The molecule has 71 heavy (non-hydrogen) atoms. The van der Waals surface area contributed by atoms with Crippen molar-refractivity contribution in [1.82, 2.24) is 0 Å². The molecule has 6 nitrogen and oxygen atoms in total. The highest BCUT2D eigenvalue weighted by Gasteiger charge is 2.19. The van der Waals surface area contributed by atoms with Crippen LogP contribution in [-0.2, 0) is 28.6 Å². The molecule has 0 saturated heterocycles. The quantitative estimate of drug-likeness (QED) is 0.0261. The van der Waals surface area contributed by atoms with E-state index in [4.69, 9.17) is 14.2 Å². The van der Waals surface area contributed by atoms with Gasteiger partial charge in [0.25, 0.3) is 0 Å². The van der Waals surface area contributed by atoms with Crippen LogP contribution in [0.25, 0.3) is 0 Å². The normalized spacial score (nSPS) is 12.2. The maximum atomic E-state index is 12.9. The van der Waals surface area contributed by atoms with Crippen LogP contribution in [-0.4, -0.2) is 37.2 Å². The monoisotopic (exact) mass is 997 g/mol. The Labute approximate surface area is 442 Å². The highest BCUT2D eigenvalue weighted by atomic mass is 16.6. The van der Waals surface area contributed by atoms with Crippen molar-refractivity contribution in [2.45, 2.75) is 348 Å². The van der Waals surface area contributed by atoms with E-state index < -0.39 is 6.10 Å². The number of hydrogen-bond donors (Lipinski definition) is 0. The van der Waals surface area contributed by atoms with Crippen molar-refractivity contribution < 1.29 is 28.6 Å². The Kier molecular flexibility index (Phi) is 58.2. The van der Waals surface area contributed by atoms with Gasteiger partial charge in [-0.2, -0.15) is 0 Å². The minimum Gasteiger partial charge on any atom is -0.462 e. The van der Waals surface area contributed by atoms with Gasteiger partial charge >= 0.3 is 17.9 Å². The molecule has 0 aromatic rings. The number of rotatable bonds is 58. The van der Waals surface area contributed by atoms with Crippen molar-refractivity contribution in [3.8, 4) is 0 Å². The zero-order valence-electron chi connectivity index (χ0n) is 47.8. The Balaban J connectivity index is 4.31. The van der Waals surface area contributed by atoms with Crippen molar-refractivity contribution >= 4 is 17.9 Å². The van der Waals surface area contributed by atoms with Crippen LogP contribution in [0, 0.1) is 0 Å². The van der Waals surface area contributed by atoms with E-state index in [1.807, 2.05) is 0 Å². The average molecular weight is 998 g/mol. The van der Waals surface area contributed by atoms with Crippen molar-refractivity contribution in [2.24, 2.45) is 0 Å². The molecule has 0 spiro atoms. The molecule has 0 bridgehead atoms. The summed E-state index contributed by atoms with van der Waals surface area (Å²) in [5.74, 6) is -0.868. The molecule has 416 valence electrons. The Morgan fingerprint density at radius 2 is 0.521 bits per heavy atom. The lowest BCUT2D eigenvalue weighted by atomic mass is 10.0. The number of allylic oxidation sites excluding steroid dienone is 6. The summed E-state index contributed by atoms with van der Waals surface area (Å²) in [5, 5.41) is 0. The third kappa shape index (κ3) is 58.4. The number of ether oxygens (including phenoxy) is 3. The topological polar surface area (TPSA) is 78.9 Å². The molecular formula is C65H120O6. The van der Waals surface area contributed by atoms with Gasteiger partial charge in [-0.25, -0.2) is 0 Å². The molecule has 0 radical (unpaired) electrons. The fraction of sp³-hybridized carbons (Fsp3) is 0.862. The van der Waals surface area contributed by atoms with Gasteiger partial charge in [-0.3, -0.25) is 14.4 Å². The first kappa shape index (κ1) is 68.6. The van der Waals surface area contributed by atoms with Gasteiger partial charge in [-0.1, -0.05) is 288 Å². The molecule has 0 aliphatic heterocycles. The van der Waals surface area contributed by atoms with Crippen molar-refractivity contribution in [1.29, 1.82) is 0 Å². The summed E-state index contributed by atoms with van der Waals surface area (Å²) in [7, 11) is 0. The number of hydrogen-bond acceptors (Lipinski definition) is 6. The summed E-state index contributed by atoms with van der Waals surface area (Å²) in [6.07, 6.45) is 72.9. The standard InChI is InChI=1S/C65H120O6/c1-4-7-10-13-16-19-22-25-28-30-32-33-34-36-37-40-43-46-49-52-55-58-64(67)70-61-62(60-69-63(66)57-54-51-48-45-42-39-27-24-21-18-15-12-9-6-3)71-65(68)59-56-53-50-47-44-41-38-35-31-29-26-23-20-17-14-11-8-5-2/h15,18,24,27,30,32,62H,4-14,16-17,19-23,25-26,28-29,31,33-61H2,1-3H3/b18-15-,27-24-,32-30-. The summed E-state index contributed by atoms with van der Waals surface area (Å²) in [6.45, 7) is 6.64. The first-order valence-corrected chi connectivity index (χ1v) is 31.5. The van der Waals surface area contributed by atoms with Gasteiger partial charge < -0.3 is 14.2 Å². The van der Waals surface area contributed by atoms with E-state index >= 15 is 0 Å². The van der Waals surface area contributed by atoms with Crippen LogP contribution >= 0.6 is 0 Å². The van der Waals surface area contributed by atoms with E-state index in [2.05, 4.69) is 57.2 Å². The second-order valence-corrected chi connectivity index (χ2v) is 21.3. The van der Waals surface area contributed by atoms with E-state index in [0.717, 1.165) is 77.0 Å². The van der Waals surface area contributed by atoms with Gasteiger partial charge in [0.15, 0.2) is 6.10 Å². The zero-order valence-corrected chi connectivity index (χ0v) is 47.8. The van der Waals surface area contributed by atoms with E-state index in [0.29, 0.717) is 19.3 Å². The SMILES string of the molecule is CCCC/C=C\C/C=C\CCCCCCCC(=O)OCC(COC(=O)CCCCCCCCCCC/C=C\CCCCCCCCCC)OC(=O)CCCCCCCCCCCCCCCCCCCC. The Morgan fingerprint density at radius 3 is 0.831 bits per heavy atom. The lowest BCUT2D eigenvalue weighted by Gasteiger charge is -2.18. The maximum absolute atomic E-state index is 12.9. The van der Waals surface area contributed by atoms with E-state index in [1.54, 1.807) is 0 Å². The Hall–Kier alpha value is -2.37. The number of carbonyl (C=O) groups excluding carboxylic acids is 3. The van der Waals surface area contributed by atoms with Crippen LogP contribution in [0.2, 0.25) is 0 Å². The summed E-state index contributed by atoms with van der Waals surface area (Å²) in [6, 6.07) is 0. The summed E-state index contributed by atoms with van der Waals surface area (Å²) in [4.78, 5) is 38.3. The van der Waals surface area contributed by atoms with E-state index in [-0.39, 0.29) is 31.1 Å². The molecule has 0 aliphatic carbocycles. The van der Waals surface area contributed by atoms with Gasteiger partial charge in [-0.15, -0.1) is 0 Å². The molecule has 0 aromatic heterocycles. The van der Waals surface area contributed by atoms with Gasteiger partial charge in [0.1, 0.15) is 13.2 Å². The lowest BCUT2D eigenvalue weighted by molar-refractivity contribution is -0.167. The van der Waals surface area contributed by atoms with Crippen LogP contribution in [0.5, 0.6) is 0 Å². The minimum atomic E-state index is -0.776. The van der Waals surface area contributed by atoms with Crippen LogP contribution in [0.15, 0.2) is 36.5 Å². The molecule has 0 heterocycles. The summed E-state index contributed by atoms with van der Waals surface area (Å²) < 4.78 is 16.9. The van der Waals surface area contributed by atoms with Gasteiger partial charge in [-0.05, 0) is 70.6 Å². The summed E-state index contributed by atoms with van der Waals surface area (Å²) in [5.41, 5.74) is 0. The van der Waals surface area contributed by atoms with Crippen molar-refractivity contribution in [3.05, 3.63) is 36.5 Å². The molecule has 6 heteroatoms. The predicted octanol–water partition coefficient (Wildman–Crippen LogP) is 21.2. The van der Waals surface area contributed by atoms with Gasteiger partial charge in [0, 0.05) is 19.3 Å². The largest absolute Gasteiger partial charge is 0.462 e. The Bertz CT molecular complexity index is 1190. The molecule has 0 fully saturated rings. The third-order valence-electron chi connectivity index (χ3n) is 14.1. The molecule has 1 atom stereocenters. The van der Waals surface area contributed by atoms with Crippen LogP contribution < -0.4 is 0 Å². The first-order chi connectivity index (χ1) is 35.0. The molecule has 0 aliphatic rings. The average Bonchev–Trinajstić information content (AvgIpc) is 3.37. The van der Waals surface area contributed by atoms with Crippen LogP contribution in [0.1, 0.15) is 342 Å². The second kappa shape index (κ2) is 60.2. The molecule has 0 rings (SSSR count). The Morgan fingerprint density at radius 1 is 0.282 bits per heavy atom. The molecule has 0 saturated carbocycles. The minimum absolute atomic E-state index is 0.0738. The third-order valence-corrected chi connectivity index (χ3v) is 14.1. The molecule has 0 amide bonds. The van der Waals surface area contributed by atoms with Crippen molar-refractivity contribution in [2.75, 3.05) is 13.2 Å². The van der Waals surface area contributed by atoms with Gasteiger partial charge in [0.2, 0.25) is 0 Å². The first-order valence-electron chi connectivity index (χ1n) is 31.5. The number of carbonyl (C=O) groups is 3. The van der Waals surface area contributed by atoms with E-state index in [1.165, 1.54) is 225 Å². The smallest absolute Gasteiger partial charge is 0.306 e. The number of esters is 3. The lowest BCUT2D eigenvalue weighted by Crippen LogP contribution is -2.30. The van der Waals surface area contributed by atoms with Gasteiger partial charge in [0.05, 0.1) is 0 Å². The predicted molar refractivity (Wildman–Crippen MR) is 307 cm³/mol. The van der Waals surface area contributed by atoms with Crippen molar-refractivity contribution in [3.63, 3.8) is 0 Å². The molecular weight excluding hydrogens is 877 g/mol. The maximum Gasteiger partial charge on any atom is 0.306 e. The fourth-order valence-electron chi connectivity index (χ4n) is 9.34. The highest BCUT2D eigenvalue weighted by molar-refractivity contribution is 5.71. The van der Waals surface area contributed by atoms with Crippen LogP contribution in [0.4, 0.5) is 0 Å². The summed E-state index contributed by atoms with van der Waals surface area (Å²) >= 11 is 0. The molecule has 0 N–H and O–H groups in total. The zero-order chi connectivity index (χ0) is 51.4. The van der Waals surface area contributed by atoms with Crippen LogP contribution in [0.3, 0.4) is 0 Å².